The highest BCUT2D eigenvalue weighted by molar-refractivity contribution is 6.35. The first kappa shape index (κ1) is 18.8. The lowest BCUT2D eigenvalue weighted by Gasteiger charge is -2.15. The molecule has 0 amide bonds. The van der Waals surface area contributed by atoms with Crippen LogP contribution in [-0.2, 0) is 11.3 Å². The van der Waals surface area contributed by atoms with Gasteiger partial charge in [0.25, 0.3) is 5.56 Å². The Morgan fingerprint density at radius 3 is 2.70 bits per heavy atom. The van der Waals surface area contributed by atoms with E-state index in [9.17, 15) is 9.59 Å². The minimum Gasteiger partial charge on any atom is -0.496 e. The number of para-hydroxylation sites is 2. The van der Waals surface area contributed by atoms with E-state index in [0.29, 0.717) is 33.9 Å². The summed E-state index contributed by atoms with van der Waals surface area (Å²) >= 11 is 6.22. The summed E-state index contributed by atoms with van der Waals surface area (Å²) in [5.41, 5.74) is 1.07. The first-order chi connectivity index (χ1) is 13.1. The van der Waals surface area contributed by atoms with Crippen molar-refractivity contribution in [1.29, 1.82) is 0 Å². The Kier molecular flexibility index (Phi) is 5.66. The molecule has 0 unspecified atom stereocenters. The number of carbonyl (C=O) groups is 1. The van der Waals surface area contributed by atoms with Crippen LogP contribution in [0.5, 0.6) is 5.75 Å². The van der Waals surface area contributed by atoms with E-state index in [4.69, 9.17) is 21.1 Å². The number of carbonyl (C=O) groups excluding carboxylic acids is 1. The standard InChI is InChI=1S/C20H19ClN2O4/c1-3-27-20(25)16-18(22-11-12-7-4-5-10-15(12)26-2)13-8-6-9-14(21)17(13)23-19(16)24/h4-10H,3,11H2,1-2H3,(H2,22,23,24). The molecule has 0 aliphatic heterocycles. The molecule has 1 aromatic heterocycles. The van der Waals surface area contributed by atoms with Crippen LogP contribution in [0.2, 0.25) is 5.02 Å². The Bertz CT molecular complexity index is 1050. The summed E-state index contributed by atoms with van der Waals surface area (Å²) in [7, 11) is 1.59. The highest BCUT2D eigenvalue weighted by atomic mass is 35.5. The van der Waals surface area contributed by atoms with Gasteiger partial charge >= 0.3 is 5.97 Å². The maximum Gasteiger partial charge on any atom is 0.345 e. The number of nitrogens with one attached hydrogen (secondary N) is 2. The zero-order valence-corrected chi connectivity index (χ0v) is 15.7. The number of ether oxygens (including phenoxy) is 2. The average molecular weight is 387 g/mol. The monoisotopic (exact) mass is 386 g/mol. The predicted octanol–water partition coefficient (Wildman–Crippen LogP) is 3.98. The van der Waals surface area contributed by atoms with E-state index >= 15 is 0 Å². The van der Waals surface area contributed by atoms with Gasteiger partial charge in [0.2, 0.25) is 0 Å². The number of methoxy groups -OCH3 is 1. The van der Waals surface area contributed by atoms with Crippen molar-refractivity contribution in [3.8, 4) is 5.75 Å². The number of pyridine rings is 1. The fourth-order valence-electron chi connectivity index (χ4n) is 2.90. The number of halogens is 1. The van der Waals surface area contributed by atoms with Crippen LogP contribution < -0.4 is 15.6 Å². The van der Waals surface area contributed by atoms with Gasteiger partial charge in [-0.25, -0.2) is 4.79 Å². The molecule has 0 atom stereocenters. The molecule has 0 fully saturated rings. The second-order valence-corrected chi connectivity index (χ2v) is 6.16. The molecule has 0 aliphatic rings. The van der Waals surface area contributed by atoms with E-state index in [-0.39, 0.29) is 12.2 Å². The van der Waals surface area contributed by atoms with E-state index < -0.39 is 11.5 Å². The van der Waals surface area contributed by atoms with Gasteiger partial charge in [-0.05, 0) is 19.1 Å². The lowest BCUT2D eigenvalue weighted by molar-refractivity contribution is 0.0525. The largest absolute Gasteiger partial charge is 0.496 e. The summed E-state index contributed by atoms with van der Waals surface area (Å²) in [5, 5.41) is 4.21. The number of aromatic amines is 1. The molecule has 0 spiro atoms. The quantitative estimate of drug-likeness (QED) is 0.626. The van der Waals surface area contributed by atoms with Crippen molar-refractivity contribution in [3.63, 3.8) is 0 Å². The third kappa shape index (κ3) is 3.75. The molecular weight excluding hydrogens is 368 g/mol. The van der Waals surface area contributed by atoms with Gasteiger partial charge < -0.3 is 19.8 Å². The third-order valence-corrected chi connectivity index (χ3v) is 4.44. The van der Waals surface area contributed by atoms with Crippen molar-refractivity contribution in [2.24, 2.45) is 0 Å². The predicted molar refractivity (Wildman–Crippen MR) is 106 cm³/mol. The summed E-state index contributed by atoms with van der Waals surface area (Å²) in [6, 6.07) is 12.7. The summed E-state index contributed by atoms with van der Waals surface area (Å²) < 4.78 is 10.4. The van der Waals surface area contributed by atoms with Gasteiger partial charge in [-0.3, -0.25) is 4.79 Å². The Labute approximate surface area is 161 Å². The van der Waals surface area contributed by atoms with Gasteiger partial charge in [0.1, 0.15) is 11.3 Å². The molecule has 0 saturated heterocycles. The molecule has 0 saturated carbocycles. The zero-order valence-electron chi connectivity index (χ0n) is 15.0. The number of rotatable bonds is 6. The van der Waals surface area contributed by atoms with Crippen LogP contribution in [0, 0.1) is 0 Å². The van der Waals surface area contributed by atoms with Gasteiger partial charge in [-0.15, -0.1) is 0 Å². The summed E-state index contributed by atoms with van der Waals surface area (Å²) in [6.45, 7) is 2.20. The van der Waals surface area contributed by atoms with Crippen molar-refractivity contribution >= 4 is 34.2 Å². The smallest absolute Gasteiger partial charge is 0.345 e. The topological polar surface area (TPSA) is 80.4 Å². The minimum absolute atomic E-state index is 0.0819. The van der Waals surface area contributed by atoms with E-state index in [2.05, 4.69) is 10.3 Å². The number of benzene rings is 2. The summed E-state index contributed by atoms with van der Waals surface area (Å²) in [4.78, 5) is 27.7. The molecule has 3 aromatic rings. The van der Waals surface area contributed by atoms with Crippen LogP contribution in [0.15, 0.2) is 47.3 Å². The molecular formula is C20H19ClN2O4. The molecule has 140 valence electrons. The van der Waals surface area contributed by atoms with E-state index in [1.165, 1.54) is 0 Å². The van der Waals surface area contributed by atoms with E-state index in [1.54, 1.807) is 32.2 Å². The molecule has 2 aromatic carbocycles. The molecule has 7 heteroatoms. The highest BCUT2D eigenvalue weighted by Gasteiger charge is 2.21. The van der Waals surface area contributed by atoms with Crippen molar-refractivity contribution in [2.45, 2.75) is 13.5 Å². The highest BCUT2D eigenvalue weighted by Crippen LogP contribution is 2.30. The van der Waals surface area contributed by atoms with Crippen molar-refractivity contribution < 1.29 is 14.3 Å². The minimum atomic E-state index is -0.692. The molecule has 27 heavy (non-hydrogen) atoms. The van der Waals surface area contributed by atoms with Gasteiger partial charge in [-0.1, -0.05) is 41.9 Å². The first-order valence-electron chi connectivity index (χ1n) is 8.44. The van der Waals surface area contributed by atoms with Gasteiger partial charge in [0.05, 0.1) is 29.9 Å². The number of esters is 1. The van der Waals surface area contributed by atoms with Crippen molar-refractivity contribution in [1.82, 2.24) is 4.98 Å². The van der Waals surface area contributed by atoms with Crippen LogP contribution in [0.4, 0.5) is 5.69 Å². The maximum absolute atomic E-state index is 12.6. The third-order valence-electron chi connectivity index (χ3n) is 4.13. The Morgan fingerprint density at radius 1 is 1.19 bits per heavy atom. The van der Waals surface area contributed by atoms with Crippen molar-refractivity contribution in [3.05, 3.63) is 69.0 Å². The summed E-state index contributed by atoms with van der Waals surface area (Å²) in [6.07, 6.45) is 0. The Balaban J connectivity index is 2.13. The van der Waals surface area contributed by atoms with E-state index in [1.807, 2.05) is 24.3 Å². The normalized spacial score (nSPS) is 10.6. The van der Waals surface area contributed by atoms with Gasteiger partial charge in [0.15, 0.2) is 0 Å². The molecule has 3 rings (SSSR count). The Morgan fingerprint density at radius 2 is 1.96 bits per heavy atom. The number of hydrogen-bond donors (Lipinski definition) is 2. The molecule has 6 nitrogen and oxygen atoms in total. The number of fused-ring (bicyclic) bond motifs is 1. The van der Waals surface area contributed by atoms with Crippen LogP contribution in [0.3, 0.4) is 0 Å². The molecule has 0 radical (unpaired) electrons. The van der Waals surface area contributed by atoms with Crippen molar-refractivity contribution in [2.75, 3.05) is 19.0 Å². The average Bonchev–Trinajstić information content (AvgIpc) is 2.67. The Hall–Kier alpha value is -2.99. The number of anilines is 1. The molecule has 2 N–H and O–H groups in total. The molecule has 0 bridgehead atoms. The molecule has 1 heterocycles. The first-order valence-corrected chi connectivity index (χ1v) is 8.82. The number of hydrogen-bond acceptors (Lipinski definition) is 5. The second-order valence-electron chi connectivity index (χ2n) is 5.75. The zero-order chi connectivity index (χ0) is 19.4. The second kappa shape index (κ2) is 8.14. The van der Waals surface area contributed by atoms with Gasteiger partial charge in [-0.2, -0.15) is 0 Å². The maximum atomic E-state index is 12.6. The van der Waals surface area contributed by atoms with Crippen LogP contribution in [0.25, 0.3) is 10.9 Å². The van der Waals surface area contributed by atoms with Crippen LogP contribution in [-0.4, -0.2) is 24.7 Å². The van der Waals surface area contributed by atoms with E-state index in [0.717, 1.165) is 5.56 Å². The summed E-state index contributed by atoms with van der Waals surface area (Å²) in [5.74, 6) is 0.0121. The number of H-pyrrole nitrogens is 1. The SMILES string of the molecule is CCOC(=O)c1c(NCc2ccccc2OC)c2cccc(Cl)c2[nH]c1=O. The molecule has 0 aliphatic carbocycles. The number of aromatic nitrogens is 1. The lowest BCUT2D eigenvalue weighted by Crippen LogP contribution is -2.23. The van der Waals surface area contributed by atoms with Crippen LogP contribution >= 0.6 is 11.6 Å². The van der Waals surface area contributed by atoms with Gasteiger partial charge in [0, 0.05) is 17.5 Å². The fourth-order valence-corrected chi connectivity index (χ4v) is 3.12. The fraction of sp³-hybridized carbons (Fsp3) is 0.200. The lowest BCUT2D eigenvalue weighted by atomic mass is 10.1. The van der Waals surface area contributed by atoms with Crippen LogP contribution in [0.1, 0.15) is 22.8 Å².